The molecular weight excluding hydrogens is 374 g/mol. The molecule has 0 saturated heterocycles. The van der Waals surface area contributed by atoms with Crippen molar-refractivity contribution in [3.05, 3.63) is 62.3 Å². The molecule has 3 aromatic rings. The van der Waals surface area contributed by atoms with Crippen molar-refractivity contribution in [3.8, 4) is 11.3 Å². The first kappa shape index (κ1) is 16.3. The van der Waals surface area contributed by atoms with Crippen molar-refractivity contribution in [2.24, 2.45) is 17.8 Å². The zero-order valence-corrected chi connectivity index (χ0v) is 16.7. The van der Waals surface area contributed by atoms with E-state index in [1.165, 1.54) is 41.0 Å². The second-order valence-electron chi connectivity index (χ2n) is 8.25. The molecule has 3 aliphatic rings. The highest BCUT2D eigenvalue weighted by Gasteiger charge is 2.55. The van der Waals surface area contributed by atoms with E-state index in [9.17, 15) is 4.79 Å². The Morgan fingerprint density at radius 1 is 1.07 bits per heavy atom. The van der Waals surface area contributed by atoms with Gasteiger partial charge in [0.05, 0.1) is 15.8 Å². The van der Waals surface area contributed by atoms with Crippen molar-refractivity contribution < 1.29 is 4.42 Å². The molecule has 2 aromatic heterocycles. The van der Waals surface area contributed by atoms with Gasteiger partial charge < -0.3 is 9.40 Å². The standard InChI is InChI=1S/C22H21NO2S2/c1-11-2-4-12(5-3-11)15-8-9-16(25-15)18-17-13-6-7-14(10-13)19(17)26-21-20(18)27-22(24)23-21/h2-5,8-9,13-14,17-19H,6-7,10H2,1H3,(H,23,24)/t13-,14-,17+,18-,19+/m0/s1. The van der Waals surface area contributed by atoms with E-state index >= 15 is 0 Å². The van der Waals surface area contributed by atoms with E-state index in [0.717, 1.165) is 33.9 Å². The number of furan rings is 1. The van der Waals surface area contributed by atoms with E-state index in [2.05, 4.69) is 48.3 Å². The van der Waals surface area contributed by atoms with Gasteiger partial charge in [0.2, 0.25) is 0 Å². The third-order valence-corrected chi connectivity index (χ3v) is 9.36. The number of aryl methyl sites for hydroxylation is 1. The largest absolute Gasteiger partial charge is 0.460 e. The number of fused-ring (bicyclic) bond motifs is 6. The van der Waals surface area contributed by atoms with Crippen molar-refractivity contribution in [2.75, 3.05) is 0 Å². The average Bonchev–Trinajstić information content (AvgIpc) is 3.43. The lowest BCUT2D eigenvalue weighted by molar-refractivity contribution is 0.285. The van der Waals surface area contributed by atoms with E-state index in [0.29, 0.717) is 11.2 Å². The van der Waals surface area contributed by atoms with Gasteiger partial charge in [-0.15, -0.1) is 11.8 Å². The molecular formula is C22H21NO2S2. The second-order valence-corrected chi connectivity index (χ2v) is 10.4. The number of hydrogen-bond donors (Lipinski definition) is 1. The highest BCUT2D eigenvalue weighted by atomic mass is 32.2. The van der Waals surface area contributed by atoms with Gasteiger partial charge in [-0.25, -0.2) is 0 Å². The number of aromatic nitrogens is 1. The molecule has 5 atom stereocenters. The average molecular weight is 396 g/mol. The van der Waals surface area contributed by atoms with Crippen LogP contribution in [0.15, 0.2) is 50.6 Å². The molecule has 3 heterocycles. The summed E-state index contributed by atoms with van der Waals surface area (Å²) < 4.78 is 6.41. The first-order valence-corrected chi connectivity index (χ1v) is 11.4. The Morgan fingerprint density at radius 3 is 2.74 bits per heavy atom. The van der Waals surface area contributed by atoms with Gasteiger partial charge >= 0.3 is 4.87 Å². The van der Waals surface area contributed by atoms with Gasteiger partial charge in [-0.1, -0.05) is 41.2 Å². The zero-order chi connectivity index (χ0) is 18.1. The molecule has 1 aromatic carbocycles. The Labute approximate surface area is 166 Å². The number of benzene rings is 1. The summed E-state index contributed by atoms with van der Waals surface area (Å²) in [5.41, 5.74) is 2.37. The summed E-state index contributed by atoms with van der Waals surface area (Å²) in [6.45, 7) is 2.10. The van der Waals surface area contributed by atoms with E-state index < -0.39 is 0 Å². The van der Waals surface area contributed by atoms with E-state index in [-0.39, 0.29) is 10.8 Å². The van der Waals surface area contributed by atoms with Gasteiger partial charge in [-0.2, -0.15) is 0 Å². The predicted octanol–water partition coefficient (Wildman–Crippen LogP) is 5.66. The number of rotatable bonds is 2. The minimum absolute atomic E-state index is 0.0649. The van der Waals surface area contributed by atoms with Gasteiger partial charge in [-0.3, -0.25) is 4.79 Å². The summed E-state index contributed by atoms with van der Waals surface area (Å²) in [5.74, 6) is 4.36. The summed E-state index contributed by atoms with van der Waals surface area (Å²) in [4.78, 5) is 16.5. The molecule has 1 aliphatic heterocycles. The maximum absolute atomic E-state index is 12.1. The smallest absolute Gasteiger partial charge is 0.305 e. The second kappa shape index (κ2) is 5.89. The quantitative estimate of drug-likeness (QED) is 0.609. The van der Waals surface area contributed by atoms with E-state index in [4.69, 9.17) is 4.42 Å². The Kier molecular flexibility index (Phi) is 3.54. The third-order valence-electron chi connectivity index (χ3n) is 6.73. The van der Waals surface area contributed by atoms with E-state index in [1.54, 1.807) is 0 Å². The van der Waals surface area contributed by atoms with Crippen LogP contribution in [0.4, 0.5) is 0 Å². The maximum atomic E-state index is 12.1. The highest BCUT2D eigenvalue weighted by molar-refractivity contribution is 8.00. The third kappa shape index (κ3) is 2.44. The monoisotopic (exact) mass is 395 g/mol. The molecule has 5 heteroatoms. The van der Waals surface area contributed by atoms with Crippen LogP contribution in [0.3, 0.4) is 0 Å². The Bertz CT molecular complexity index is 1060. The van der Waals surface area contributed by atoms with Gasteiger partial charge in [0.25, 0.3) is 0 Å². The highest BCUT2D eigenvalue weighted by Crippen LogP contribution is 2.63. The topological polar surface area (TPSA) is 46.0 Å². The number of H-pyrrole nitrogens is 1. The lowest BCUT2D eigenvalue weighted by Crippen LogP contribution is -2.33. The SMILES string of the molecule is Cc1ccc(-c2ccc([C@@H]3c4sc(=O)[nH]c4S[C@@H]4[C@H]5CC[C@@H](C5)[C@H]34)o2)cc1. The van der Waals surface area contributed by atoms with Gasteiger partial charge in [0.15, 0.2) is 0 Å². The molecule has 2 saturated carbocycles. The van der Waals surface area contributed by atoms with Crippen LogP contribution in [0.25, 0.3) is 11.3 Å². The Hall–Kier alpha value is -1.72. The first-order valence-electron chi connectivity index (χ1n) is 9.74. The molecule has 2 aliphatic carbocycles. The molecule has 2 bridgehead atoms. The maximum Gasteiger partial charge on any atom is 0.305 e. The normalized spacial score (nSPS) is 31.1. The number of thioether (sulfide) groups is 1. The van der Waals surface area contributed by atoms with Crippen LogP contribution in [-0.4, -0.2) is 10.2 Å². The number of aromatic amines is 1. The lowest BCUT2D eigenvalue weighted by Gasteiger charge is -2.38. The van der Waals surface area contributed by atoms with E-state index in [1.807, 2.05) is 11.8 Å². The lowest BCUT2D eigenvalue weighted by atomic mass is 9.77. The molecule has 6 rings (SSSR count). The van der Waals surface area contributed by atoms with Crippen LogP contribution in [0, 0.1) is 24.7 Å². The zero-order valence-electron chi connectivity index (χ0n) is 15.1. The number of hydrogen-bond acceptors (Lipinski definition) is 4. The van der Waals surface area contributed by atoms with Crippen molar-refractivity contribution >= 4 is 23.1 Å². The summed E-state index contributed by atoms with van der Waals surface area (Å²) in [6, 6.07) is 12.7. The summed E-state index contributed by atoms with van der Waals surface area (Å²) in [6.07, 6.45) is 4.04. The van der Waals surface area contributed by atoms with Crippen LogP contribution in [0.5, 0.6) is 0 Å². The van der Waals surface area contributed by atoms with Crippen LogP contribution in [0.1, 0.15) is 41.4 Å². The van der Waals surface area contributed by atoms with Crippen molar-refractivity contribution in [1.29, 1.82) is 0 Å². The summed E-state index contributed by atoms with van der Waals surface area (Å²) >= 11 is 3.31. The number of thiazole rings is 1. The Balaban J connectivity index is 1.45. The van der Waals surface area contributed by atoms with Crippen LogP contribution in [0.2, 0.25) is 0 Å². The fourth-order valence-corrected chi connectivity index (χ4v) is 8.43. The predicted molar refractivity (Wildman–Crippen MR) is 110 cm³/mol. The molecule has 1 N–H and O–H groups in total. The first-order chi connectivity index (χ1) is 13.2. The van der Waals surface area contributed by atoms with Gasteiger partial charge in [-0.05, 0) is 56.1 Å². The minimum Gasteiger partial charge on any atom is -0.460 e. The molecule has 27 heavy (non-hydrogen) atoms. The molecule has 3 nitrogen and oxygen atoms in total. The fourth-order valence-electron chi connectivity index (χ4n) is 5.56. The van der Waals surface area contributed by atoms with Crippen LogP contribution < -0.4 is 4.87 Å². The van der Waals surface area contributed by atoms with Crippen molar-refractivity contribution in [3.63, 3.8) is 0 Å². The van der Waals surface area contributed by atoms with Gasteiger partial charge in [0, 0.05) is 10.8 Å². The summed E-state index contributed by atoms with van der Waals surface area (Å²) in [7, 11) is 0. The Morgan fingerprint density at radius 2 is 1.89 bits per heavy atom. The molecule has 0 unspecified atom stereocenters. The van der Waals surface area contributed by atoms with Crippen LogP contribution in [-0.2, 0) is 0 Å². The van der Waals surface area contributed by atoms with Crippen molar-refractivity contribution in [2.45, 2.75) is 42.4 Å². The molecule has 0 radical (unpaired) electrons. The summed E-state index contributed by atoms with van der Waals surface area (Å²) in [5, 5.41) is 1.72. The molecule has 0 amide bonds. The fraction of sp³-hybridized carbons (Fsp3) is 0.409. The minimum atomic E-state index is 0.0649. The molecule has 138 valence electrons. The van der Waals surface area contributed by atoms with Crippen molar-refractivity contribution in [1.82, 2.24) is 4.98 Å². The number of nitrogens with one attached hydrogen (secondary N) is 1. The molecule has 2 fully saturated rings. The van der Waals surface area contributed by atoms with Crippen LogP contribution >= 0.6 is 23.1 Å². The molecule has 0 spiro atoms. The van der Waals surface area contributed by atoms with Gasteiger partial charge in [0.1, 0.15) is 11.5 Å².